The van der Waals surface area contributed by atoms with E-state index in [0.29, 0.717) is 32.2 Å². The maximum atomic E-state index is 12.6. The third-order valence-corrected chi connectivity index (χ3v) is 4.81. The maximum absolute atomic E-state index is 12.6. The van der Waals surface area contributed by atoms with Crippen molar-refractivity contribution in [2.45, 2.75) is 26.3 Å². The summed E-state index contributed by atoms with van der Waals surface area (Å²) in [6.45, 7) is 5.62. The second-order valence-electron chi connectivity index (χ2n) is 8.16. The lowest BCUT2D eigenvalue weighted by molar-refractivity contribution is 0.243. The van der Waals surface area contributed by atoms with Gasteiger partial charge in [-0.25, -0.2) is 19.7 Å². The van der Waals surface area contributed by atoms with Gasteiger partial charge in [0.25, 0.3) is 0 Å². The minimum absolute atomic E-state index is 0.141. The minimum Gasteiger partial charge on any atom is -0.360 e. The third kappa shape index (κ3) is 5.21. The van der Waals surface area contributed by atoms with Gasteiger partial charge >= 0.3 is 6.03 Å². The van der Waals surface area contributed by atoms with E-state index in [2.05, 4.69) is 25.6 Å². The lowest BCUT2D eigenvalue weighted by Gasteiger charge is -2.21. The van der Waals surface area contributed by atoms with E-state index in [1.807, 2.05) is 20.8 Å². The third-order valence-electron chi connectivity index (χ3n) is 4.18. The number of hydrogen-bond acceptors (Lipinski definition) is 5. The van der Waals surface area contributed by atoms with Crippen molar-refractivity contribution in [1.29, 1.82) is 5.41 Å². The molecule has 0 saturated heterocycles. The first-order valence-electron chi connectivity index (χ1n) is 9.44. The summed E-state index contributed by atoms with van der Waals surface area (Å²) in [5.41, 5.74) is 0.955. The molecule has 0 atom stereocenters. The molecule has 0 fully saturated rings. The van der Waals surface area contributed by atoms with Gasteiger partial charge in [-0.2, -0.15) is 0 Å². The number of nitrogens with one attached hydrogen (secondary N) is 3. The predicted molar refractivity (Wildman–Crippen MR) is 125 cm³/mol. The number of urea groups is 1. The lowest BCUT2D eigenvalue weighted by Crippen LogP contribution is -2.43. The number of halogens is 2. The lowest BCUT2D eigenvalue weighted by atomic mass is 10.0. The molecule has 0 radical (unpaired) electrons. The Bertz CT molecular complexity index is 1150. The average molecular weight is 460 g/mol. The molecule has 1 aromatic carbocycles. The fraction of sp³-hybridized carbons (Fsp3) is 0.286. The first-order chi connectivity index (χ1) is 14.5. The quantitative estimate of drug-likeness (QED) is 0.384. The number of amidine groups is 1. The van der Waals surface area contributed by atoms with Crippen molar-refractivity contribution in [3.05, 3.63) is 46.3 Å². The number of pyridine rings is 1. The zero-order valence-corrected chi connectivity index (χ0v) is 19.4. The number of nitrogens with zero attached hydrogens (tertiary/aromatic N) is 4. The summed E-state index contributed by atoms with van der Waals surface area (Å²) in [5, 5.41) is 15.2. The number of fused-ring (bicyclic) bond motifs is 1. The van der Waals surface area contributed by atoms with Crippen molar-refractivity contribution in [3.63, 3.8) is 0 Å². The number of hydrogen-bond donors (Lipinski definition) is 3. The van der Waals surface area contributed by atoms with Crippen LogP contribution in [0.2, 0.25) is 10.0 Å². The van der Waals surface area contributed by atoms with Crippen LogP contribution in [0.1, 0.15) is 26.6 Å². The summed E-state index contributed by atoms with van der Waals surface area (Å²) in [6, 6.07) is 6.50. The van der Waals surface area contributed by atoms with Gasteiger partial charge in [0.15, 0.2) is 17.3 Å². The molecule has 8 nitrogen and oxygen atoms in total. The summed E-state index contributed by atoms with van der Waals surface area (Å²) in [6.07, 6.45) is 1.58. The first-order valence-corrected chi connectivity index (χ1v) is 10.2. The Morgan fingerprint density at radius 3 is 2.35 bits per heavy atom. The number of anilines is 1. The van der Waals surface area contributed by atoms with Crippen LogP contribution < -0.4 is 10.6 Å². The molecule has 31 heavy (non-hydrogen) atoms. The Balaban J connectivity index is 2.19. The van der Waals surface area contributed by atoms with E-state index in [-0.39, 0.29) is 17.5 Å². The molecular formula is C21H23Cl2N7O. The van der Waals surface area contributed by atoms with E-state index < -0.39 is 11.6 Å². The van der Waals surface area contributed by atoms with Crippen LogP contribution in [-0.4, -0.2) is 51.4 Å². The van der Waals surface area contributed by atoms with Crippen LogP contribution >= 0.6 is 23.2 Å². The zero-order chi connectivity index (χ0) is 22.9. The highest BCUT2D eigenvalue weighted by molar-refractivity contribution is 6.39. The van der Waals surface area contributed by atoms with Crippen molar-refractivity contribution in [1.82, 2.24) is 25.2 Å². The molecule has 3 aromatic rings. The predicted octanol–water partition coefficient (Wildman–Crippen LogP) is 4.81. The smallest absolute Gasteiger partial charge is 0.320 e. The van der Waals surface area contributed by atoms with Gasteiger partial charge in [0, 0.05) is 42.3 Å². The van der Waals surface area contributed by atoms with E-state index in [4.69, 9.17) is 28.6 Å². The van der Waals surface area contributed by atoms with Gasteiger partial charge in [0.05, 0.1) is 10.0 Å². The number of rotatable bonds is 3. The maximum Gasteiger partial charge on any atom is 0.320 e. The van der Waals surface area contributed by atoms with Gasteiger partial charge in [-0.3, -0.25) is 10.7 Å². The van der Waals surface area contributed by atoms with Gasteiger partial charge in [-0.1, -0.05) is 29.3 Å². The zero-order valence-electron chi connectivity index (χ0n) is 17.8. The average Bonchev–Trinajstić information content (AvgIpc) is 2.65. The van der Waals surface area contributed by atoms with Crippen LogP contribution in [0.25, 0.3) is 22.2 Å². The van der Waals surface area contributed by atoms with E-state index in [1.54, 1.807) is 49.5 Å². The Labute approximate surface area is 190 Å². The monoisotopic (exact) mass is 459 g/mol. The fourth-order valence-electron chi connectivity index (χ4n) is 2.80. The van der Waals surface area contributed by atoms with Crippen LogP contribution in [0.3, 0.4) is 0 Å². The standard InChI is InChI=1S/C21H23Cl2N7O/c1-21(2,3)29-20(31)28-18-12(15-13(22)7-6-8-14(15)23)9-11-10-25-19(16(24)30(4)5)27-17(11)26-18/h6-10,24H,1-5H3,(H2,25,26,27,28,29,31). The molecule has 3 rings (SSSR count). The van der Waals surface area contributed by atoms with E-state index in [0.717, 1.165) is 0 Å². The second kappa shape index (κ2) is 8.64. The van der Waals surface area contributed by atoms with Crippen LogP contribution in [0.5, 0.6) is 0 Å². The molecule has 0 spiro atoms. The molecule has 2 amide bonds. The van der Waals surface area contributed by atoms with Crippen LogP contribution in [-0.2, 0) is 0 Å². The highest BCUT2D eigenvalue weighted by Gasteiger charge is 2.20. The summed E-state index contributed by atoms with van der Waals surface area (Å²) in [5.74, 6) is 0.603. The van der Waals surface area contributed by atoms with Gasteiger partial charge in [0.2, 0.25) is 0 Å². The number of carbonyl (C=O) groups is 1. The summed E-state index contributed by atoms with van der Waals surface area (Å²) in [4.78, 5) is 27.4. The number of aromatic nitrogens is 3. The Morgan fingerprint density at radius 2 is 1.77 bits per heavy atom. The highest BCUT2D eigenvalue weighted by atomic mass is 35.5. The number of carbonyl (C=O) groups excluding carboxylic acids is 1. The minimum atomic E-state index is -0.445. The molecule has 0 aliphatic heterocycles. The first kappa shape index (κ1) is 22.7. The number of benzene rings is 1. The van der Waals surface area contributed by atoms with Crippen molar-refractivity contribution in [3.8, 4) is 11.1 Å². The Morgan fingerprint density at radius 1 is 1.13 bits per heavy atom. The molecule has 162 valence electrons. The highest BCUT2D eigenvalue weighted by Crippen LogP contribution is 2.39. The van der Waals surface area contributed by atoms with Crippen molar-refractivity contribution >= 4 is 51.9 Å². The van der Waals surface area contributed by atoms with Crippen molar-refractivity contribution < 1.29 is 4.79 Å². The van der Waals surface area contributed by atoms with Crippen molar-refractivity contribution in [2.75, 3.05) is 19.4 Å². The van der Waals surface area contributed by atoms with E-state index in [9.17, 15) is 4.79 Å². The van der Waals surface area contributed by atoms with E-state index >= 15 is 0 Å². The molecule has 3 N–H and O–H groups in total. The van der Waals surface area contributed by atoms with Gasteiger partial charge in [-0.05, 0) is 39.0 Å². The molecular weight excluding hydrogens is 437 g/mol. The Kier molecular flexibility index (Phi) is 6.33. The molecule has 2 heterocycles. The Hall–Kier alpha value is -2.97. The fourth-order valence-corrected chi connectivity index (χ4v) is 3.40. The van der Waals surface area contributed by atoms with Crippen LogP contribution in [0, 0.1) is 5.41 Å². The topological polar surface area (TPSA) is 107 Å². The van der Waals surface area contributed by atoms with E-state index in [1.165, 1.54) is 0 Å². The molecule has 0 saturated carbocycles. The van der Waals surface area contributed by atoms with Gasteiger partial charge in [-0.15, -0.1) is 0 Å². The summed E-state index contributed by atoms with van der Waals surface area (Å²) < 4.78 is 0. The SMILES string of the molecule is CN(C)C(=N)c1ncc2cc(-c3c(Cl)cccc3Cl)c(NC(=O)NC(C)(C)C)nc2n1. The molecule has 2 aromatic heterocycles. The van der Waals surface area contributed by atoms with Gasteiger partial charge < -0.3 is 10.2 Å². The largest absolute Gasteiger partial charge is 0.360 e. The van der Waals surface area contributed by atoms with Crippen molar-refractivity contribution in [2.24, 2.45) is 0 Å². The van der Waals surface area contributed by atoms with Crippen LogP contribution in [0.4, 0.5) is 10.6 Å². The summed E-state index contributed by atoms with van der Waals surface area (Å²) in [7, 11) is 3.46. The molecule has 0 aliphatic rings. The molecule has 0 aliphatic carbocycles. The normalized spacial score (nSPS) is 11.3. The number of amides is 2. The summed E-state index contributed by atoms with van der Waals surface area (Å²) >= 11 is 12.9. The molecule has 0 bridgehead atoms. The second-order valence-corrected chi connectivity index (χ2v) is 8.97. The molecule has 0 unspecified atom stereocenters. The van der Waals surface area contributed by atoms with Gasteiger partial charge in [0.1, 0.15) is 5.82 Å². The van der Waals surface area contributed by atoms with Crippen LogP contribution in [0.15, 0.2) is 30.5 Å². The molecule has 10 heteroatoms.